The molecule has 2 aromatic rings. The molecule has 0 unspecified atom stereocenters. The van der Waals surface area contributed by atoms with Crippen LogP contribution in [0.1, 0.15) is 0 Å². The largest absolute Gasteiger partial charge is 0.495 e. The molecule has 0 spiro atoms. The Kier molecular flexibility index (Phi) is 8.57. The lowest BCUT2D eigenvalue weighted by atomic mass is 10.2. The molecule has 0 saturated carbocycles. The van der Waals surface area contributed by atoms with Crippen molar-refractivity contribution in [3.63, 3.8) is 0 Å². The van der Waals surface area contributed by atoms with Gasteiger partial charge in [0, 0.05) is 28.8 Å². The number of carbonyl (C=O) groups excluding carboxylic acids is 2. The van der Waals surface area contributed by atoms with E-state index in [1.165, 1.54) is 26.0 Å². The lowest BCUT2D eigenvalue weighted by molar-refractivity contribution is -0.131. The molecule has 2 aromatic carbocycles. The molecule has 8 nitrogen and oxygen atoms in total. The minimum absolute atomic E-state index is 0.100. The van der Waals surface area contributed by atoms with Gasteiger partial charge in [-0.15, -0.1) is 11.8 Å². The monoisotopic (exact) mass is 450 g/mol. The summed E-state index contributed by atoms with van der Waals surface area (Å²) in [6.07, 6.45) is 1.67. The van der Waals surface area contributed by atoms with Crippen molar-refractivity contribution >= 4 is 52.5 Å². The van der Waals surface area contributed by atoms with Gasteiger partial charge in [-0.05, 0) is 24.3 Å². The van der Waals surface area contributed by atoms with E-state index in [1.54, 1.807) is 36.4 Å². The lowest BCUT2D eigenvalue weighted by Crippen LogP contribution is -2.15. The van der Waals surface area contributed by atoms with Gasteiger partial charge in [0.1, 0.15) is 11.5 Å². The summed E-state index contributed by atoms with van der Waals surface area (Å²) in [7, 11) is 2.95. The molecule has 3 N–H and O–H groups in total. The molecule has 30 heavy (non-hydrogen) atoms. The Morgan fingerprint density at radius 3 is 2.47 bits per heavy atom. The Morgan fingerprint density at radius 1 is 1.07 bits per heavy atom. The number of hydrogen-bond acceptors (Lipinski definition) is 6. The highest BCUT2D eigenvalue weighted by atomic mass is 35.5. The number of benzene rings is 2. The molecule has 2 amide bonds. The summed E-state index contributed by atoms with van der Waals surface area (Å²) in [4.78, 5) is 35.2. The number of nitrogens with one attached hydrogen (secondary N) is 2. The first kappa shape index (κ1) is 23.1. The molecule has 10 heteroatoms. The number of methoxy groups -OCH3 is 2. The highest BCUT2D eigenvalue weighted by molar-refractivity contribution is 8.00. The maximum Gasteiger partial charge on any atom is 0.328 e. The van der Waals surface area contributed by atoms with Crippen LogP contribution in [0.5, 0.6) is 11.5 Å². The van der Waals surface area contributed by atoms with Crippen molar-refractivity contribution in [2.75, 3.05) is 30.6 Å². The van der Waals surface area contributed by atoms with Gasteiger partial charge in [0.2, 0.25) is 11.8 Å². The van der Waals surface area contributed by atoms with E-state index in [0.29, 0.717) is 27.9 Å². The number of carbonyl (C=O) groups is 3. The number of aliphatic carboxylic acids is 1. The minimum atomic E-state index is -1.21. The average Bonchev–Trinajstić information content (AvgIpc) is 2.71. The number of amides is 2. The van der Waals surface area contributed by atoms with Crippen molar-refractivity contribution in [1.29, 1.82) is 0 Å². The fourth-order valence-electron chi connectivity index (χ4n) is 2.29. The van der Waals surface area contributed by atoms with E-state index in [-0.39, 0.29) is 11.7 Å². The second kappa shape index (κ2) is 11.1. The second-order valence-corrected chi connectivity index (χ2v) is 7.17. The molecule has 0 bridgehead atoms. The van der Waals surface area contributed by atoms with Gasteiger partial charge < -0.3 is 25.2 Å². The van der Waals surface area contributed by atoms with Crippen LogP contribution in [0.4, 0.5) is 11.4 Å². The van der Waals surface area contributed by atoms with E-state index >= 15 is 0 Å². The van der Waals surface area contributed by atoms with Gasteiger partial charge in [-0.3, -0.25) is 9.59 Å². The molecule has 0 radical (unpaired) electrons. The number of halogens is 1. The van der Waals surface area contributed by atoms with E-state index in [0.717, 1.165) is 17.0 Å². The summed E-state index contributed by atoms with van der Waals surface area (Å²) < 4.78 is 10.4. The SMILES string of the molecule is COc1cc(OC)c(NC(=O)CSc2cccc(NC(=O)/C=C/C(=O)O)c2)cc1Cl. The zero-order valence-corrected chi connectivity index (χ0v) is 17.7. The number of carboxylic acid groups (broad SMARTS) is 1. The standard InChI is InChI=1S/C20H19ClN2O6S/c1-28-16-10-17(29-2)15(9-14(16)21)23-19(25)11-30-13-5-3-4-12(8-13)22-18(24)6-7-20(26)27/h3-10H,11H2,1-2H3,(H,22,24)(H,23,25)(H,26,27)/b7-6+. The highest BCUT2D eigenvalue weighted by Crippen LogP contribution is 2.36. The van der Waals surface area contributed by atoms with E-state index in [9.17, 15) is 14.4 Å². The summed E-state index contributed by atoms with van der Waals surface area (Å²) >= 11 is 7.36. The van der Waals surface area contributed by atoms with Crippen LogP contribution in [0.2, 0.25) is 5.02 Å². The third-order valence-electron chi connectivity index (χ3n) is 3.60. The first-order chi connectivity index (χ1) is 14.3. The van der Waals surface area contributed by atoms with Gasteiger partial charge in [0.15, 0.2) is 0 Å². The molecule has 0 heterocycles. The van der Waals surface area contributed by atoms with Gasteiger partial charge in [0.05, 0.1) is 30.7 Å². The van der Waals surface area contributed by atoms with Crippen LogP contribution in [-0.2, 0) is 14.4 Å². The molecule has 0 atom stereocenters. The normalized spacial score (nSPS) is 10.5. The molecule has 0 aliphatic rings. The van der Waals surface area contributed by atoms with E-state index < -0.39 is 11.9 Å². The van der Waals surface area contributed by atoms with E-state index in [1.807, 2.05) is 0 Å². The van der Waals surface area contributed by atoms with Crippen molar-refractivity contribution < 1.29 is 29.0 Å². The molecule has 0 aromatic heterocycles. The van der Waals surface area contributed by atoms with E-state index in [4.69, 9.17) is 26.2 Å². The lowest BCUT2D eigenvalue weighted by Gasteiger charge is -2.13. The Morgan fingerprint density at radius 2 is 1.80 bits per heavy atom. The zero-order chi connectivity index (χ0) is 22.1. The smallest absolute Gasteiger partial charge is 0.328 e. The number of rotatable bonds is 9. The van der Waals surface area contributed by atoms with Crippen molar-refractivity contribution in [2.24, 2.45) is 0 Å². The van der Waals surface area contributed by atoms with Crippen LogP contribution in [-0.4, -0.2) is 42.9 Å². The van der Waals surface area contributed by atoms with Crippen LogP contribution in [0.3, 0.4) is 0 Å². The topological polar surface area (TPSA) is 114 Å². The second-order valence-electron chi connectivity index (χ2n) is 5.71. The number of hydrogen-bond donors (Lipinski definition) is 3. The number of thioether (sulfide) groups is 1. The van der Waals surface area contributed by atoms with Crippen LogP contribution in [0.15, 0.2) is 53.4 Å². The number of carboxylic acids is 1. The Bertz CT molecular complexity index is 980. The molecule has 0 saturated heterocycles. The summed E-state index contributed by atoms with van der Waals surface area (Å²) in [5.41, 5.74) is 0.893. The number of anilines is 2. The molecular weight excluding hydrogens is 432 g/mol. The van der Waals surface area contributed by atoms with Crippen LogP contribution < -0.4 is 20.1 Å². The average molecular weight is 451 g/mol. The predicted octanol–water partition coefficient (Wildman–Crippen LogP) is 3.67. The quantitative estimate of drug-likeness (QED) is 0.394. The maximum atomic E-state index is 12.3. The van der Waals surface area contributed by atoms with Crippen molar-refractivity contribution in [2.45, 2.75) is 4.90 Å². The van der Waals surface area contributed by atoms with Crippen LogP contribution in [0.25, 0.3) is 0 Å². The molecule has 0 aliphatic carbocycles. The highest BCUT2D eigenvalue weighted by Gasteiger charge is 2.13. The minimum Gasteiger partial charge on any atom is -0.495 e. The maximum absolute atomic E-state index is 12.3. The summed E-state index contributed by atoms with van der Waals surface area (Å²) in [5.74, 6) is -1.12. The van der Waals surface area contributed by atoms with Gasteiger partial charge >= 0.3 is 5.97 Å². The molecule has 158 valence electrons. The molecule has 0 fully saturated rings. The van der Waals surface area contributed by atoms with Gasteiger partial charge in [0.25, 0.3) is 0 Å². The molecule has 2 rings (SSSR count). The predicted molar refractivity (Wildman–Crippen MR) is 116 cm³/mol. The fourth-order valence-corrected chi connectivity index (χ4v) is 3.28. The fraction of sp³-hybridized carbons (Fsp3) is 0.150. The van der Waals surface area contributed by atoms with Crippen molar-refractivity contribution in [3.05, 3.63) is 53.6 Å². The summed E-state index contributed by atoms with van der Waals surface area (Å²) in [5, 5.41) is 14.2. The summed E-state index contributed by atoms with van der Waals surface area (Å²) in [6, 6.07) is 9.95. The first-order valence-corrected chi connectivity index (χ1v) is 9.85. The van der Waals surface area contributed by atoms with Gasteiger partial charge in [-0.25, -0.2) is 4.79 Å². The summed E-state index contributed by atoms with van der Waals surface area (Å²) in [6.45, 7) is 0. The van der Waals surface area contributed by atoms with Crippen molar-refractivity contribution in [3.8, 4) is 11.5 Å². The zero-order valence-electron chi connectivity index (χ0n) is 16.1. The molecular formula is C20H19ClN2O6S. The first-order valence-electron chi connectivity index (χ1n) is 8.48. The third-order valence-corrected chi connectivity index (χ3v) is 4.89. The van der Waals surface area contributed by atoms with Crippen LogP contribution in [0, 0.1) is 0 Å². The number of ether oxygens (including phenoxy) is 2. The van der Waals surface area contributed by atoms with Gasteiger partial charge in [-0.1, -0.05) is 17.7 Å². The van der Waals surface area contributed by atoms with Gasteiger partial charge in [-0.2, -0.15) is 0 Å². The third kappa shape index (κ3) is 7.02. The van der Waals surface area contributed by atoms with Crippen molar-refractivity contribution in [1.82, 2.24) is 0 Å². The Balaban J connectivity index is 1.98. The Hall–Kier alpha value is -3.17. The van der Waals surface area contributed by atoms with Crippen LogP contribution >= 0.6 is 23.4 Å². The van der Waals surface area contributed by atoms with E-state index in [2.05, 4.69) is 10.6 Å². The molecule has 0 aliphatic heterocycles. The Labute approximate surface area is 182 Å².